The van der Waals surface area contributed by atoms with Gasteiger partial charge in [-0.2, -0.15) is 0 Å². The van der Waals surface area contributed by atoms with E-state index < -0.39 is 10.8 Å². The average Bonchev–Trinajstić information content (AvgIpc) is 2.42. The molecule has 0 aliphatic rings. The van der Waals surface area contributed by atoms with Crippen LogP contribution < -0.4 is 16.0 Å². The number of aromatic nitrogens is 1. The fourth-order valence-electron chi connectivity index (χ4n) is 1.42. The van der Waals surface area contributed by atoms with E-state index in [0.717, 1.165) is 6.20 Å². The van der Waals surface area contributed by atoms with E-state index in [-0.39, 0.29) is 30.2 Å². The molecule has 9 nitrogen and oxygen atoms in total. The van der Waals surface area contributed by atoms with Crippen molar-refractivity contribution in [3.05, 3.63) is 27.9 Å². The molecule has 0 unspecified atom stereocenters. The summed E-state index contributed by atoms with van der Waals surface area (Å²) in [5.41, 5.74) is -0.460. The Morgan fingerprint density at radius 1 is 1.35 bits per heavy atom. The largest absolute Gasteiger partial charge is 0.373 e. The average molecular weight is 281 g/mol. The molecule has 0 bridgehead atoms. The second-order valence-corrected chi connectivity index (χ2v) is 3.83. The number of nitro groups is 1. The number of hydrogen-bond acceptors (Lipinski definition) is 6. The third kappa shape index (κ3) is 4.19. The van der Waals surface area contributed by atoms with Crippen LogP contribution in [0, 0.1) is 10.1 Å². The number of carbonyl (C=O) groups excluding carboxylic acids is 2. The summed E-state index contributed by atoms with van der Waals surface area (Å²) in [5.74, 6) is -0.463. The predicted molar refractivity (Wildman–Crippen MR) is 71.5 cm³/mol. The van der Waals surface area contributed by atoms with Gasteiger partial charge in [-0.3, -0.25) is 19.7 Å². The third-order valence-electron chi connectivity index (χ3n) is 2.36. The number of nitrogens with zero attached hydrogens (tertiary/aromatic N) is 2. The molecule has 1 aromatic rings. The predicted octanol–water partition coefficient (Wildman–Crippen LogP) is -0.103. The van der Waals surface area contributed by atoms with Crippen LogP contribution in [0.15, 0.2) is 12.3 Å². The highest BCUT2D eigenvalue weighted by Gasteiger charge is 2.21. The maximum atomic E-state index is 11.9. The monoisotopic (exact) mass is 281 g/mol. The molecule has 2 amide bonds. The van der Waals surface area contributed by atoms with Crippen molar-refractivity contribution in [3.8, 4) is 0 Å². The van der Waals surface area contributed by atoms with Crippen LogP contribution >= 0.6 is 0 Å². The highest BCUT2D eigenvalue weighted by molar-refractivity contribution is 5.98. The zero-order chi connectivity index (χ0) is 15.1. The molecule has 1 rings (SSSR count). The molecule has 0 saturated heterocycles. The minimum atomic E-state index is -0.671. The Morgan fingerprint density at radius 3 is 2.55 bits per heavy atom. The number of carbonyl (C=O) groups is 2. The van der Waals surface area contributed by atoms with Crippen molar-refractivity contribution in [1.82, 2.24) is 15.6 Å². The Hall–Kier alpha value is -2.71. The normalized spacial score (nSPS) is 9.70. The number of pyridine rings is 1. The lowest BCUT2D eigenvalue weighted by Crippen LogP contribution is -2.34. The molecule has 9 heteroatoms. The number of nitrogens with one attached hydrogen (secondary N) is 3. The molecular weight excluding hydrogens is 266 g/mol. The number of amides is 2. The molecule has 0 atom stereocenters. The van der Waals surface area contributed by atoms with Gasteiger partial charge in [0.25, 0.3) is 11.6 Å². The third-order valence-corrected chi connectivity index (χ3v) is 2.36. The quantitative estimate of drug-likeness (QED) is 0.379. The highest BCUT2D eigenvalue weighted by atomic mass is 16.6. The molecule has 0 fully saturated rings. The summed E-state index contributed by atoms with van der Waals surface area (Å²) in [4.78, 5) is 36.5. The SMILES string of the molecule is CNc1cc(C(=O)NCCNC(C)=O)c([N+](=O)[O-])cn1. The standard InChI is InChI=1S/C11H15N5O4/c1-7(17)13-3-4-14-11(18)8-5-10(12-2)15-6-9(8)16(19)20/h5-6H,3-4H2,1-2H3,(H,12,15)(H,13,17)(H,14,18). The van der Waals surface area contributed by atoms with E-state index in [9.17, 15) is 19.7 Å². The van der Waals surface area contributed by atoms with E-state index in [4.69, 9.17) is 0 Å². The maximum Gasteiger partial charge on any atom is 0.300 e. The summed E-state index contributed by atoms with van der Waals surface area (Å²) < 4.78 is 0. The molecule has 0 saturated carbocycles. The first kappa shape index (κ1) is 15.3. The van der Waals surface area contributed by atoms with Crippen LogP contribution in [0.4, 0.5) is 11.5 Å². The Labute approximate surface area is 114 Å². The lowest BCUT2D eigenvalue weighted by molar-refractivity contribution is -0.385. The Bertz CT molecular complexity index is 532. The van der Waals surface area contributed by atoms with E-state index >= 15 is 0 Å². The molecule has 108 valence electrons. The molecule has 1 heterocycles. The summed E-state index contributed by atoms with van der Waals surface area (Å²) in [6.45, 7) is 1.78. The maximum absolute atomic E-state index is 11.9. The zero-order valence-corrected chi connectivity index (χ0v) is 11.1. The minimum absolute atomic E-state index is 0.0859. The Kier molecular flexibility index (Phi) is 5.39. The molecule has 0 aromatic carbocycles. The summed E-state index contributed by atoms with van der Waals surface area (Å²) in [7, 11) is 1.59. The van der Waals surface area contributed by atoms with Gasteiger partial charge in [0.05, 0.1) is 4.92 Å². The Morgan fingerprint density at radius 2 is 2.00 bits per heavy atom. The van der Waals surface area contributed by atoms with E-state index in [1.807, 2.05) is 0 Å². The van der Waals surface area contributed by atoms with Crippen molar-refractivity contribution >= 4 is 23.3 Å². The lowest BCUT2D eigenvalue weighted by Gasteiger charge is -2.07. The number of anilines is 1. The number of rotatable bonds is 6. The van der Waals surface area contributed by atoms with Crippen molar-refractivity contribution in [2.75, 3.05) is 25.5 Å². The van der Waals surface area contributed by atoms with E-state index in [2.05, 4.69) is 20.9 Å². The van der Waals surface area contributed by atoms with Crippen LogP contribution in [0.25, 0.3) is 0 Å². The second kappa shape index (κ2) is 7.02. The molecule has 0 aliphatic carbocycles. The fraction of sp³-hybridized carbons (Fsp3) is 0.364. The van der Waals surface area contributed by atoms with E-state index in [1.54, 1.807) is 7.05 Å². The molecule has 20 heavy (non-hydrogen) atoms. The van der Waals surface area contributed by atoms with Gasteiger partial charge in [-0.05, 0) is 0 Å². The van der Waals surface area contributed by atoms with Gasteiger partial charge in [-0.1, -0.05) is 0 Å². The molecule has 3 N–H and O–H groups in total. The van der Waals surface area contributed by atoms with Crippen LogP contribution in [0.2, 0.25) is 0 Å². The smallest absolute Gasteiger partial charge is 0.300 e. The van der Waals surface area contributed by atoms with Gasteiger partial charge in [0.2, 0.25) is 5.91 Å². The first-order chi connectivity index (χ1) is 9.45. The summed E-state index contributed by atoms with van der Waals surface area (Å²) in [6, 6.07) is 1.30. The van der Waals surface area contributed by atoms with Gasteiger partial charge in [0.1, 0.15) is 17.6 Å². The summed E-state index contributed by atoms with van der Waals surface area (Å²) in [5, 5.41) is 18.5. The van der Waals surface area contributed by atoms with E-state index in [1.165, 1.54) is 13.0 Å². The van der Waals surface area contributed by atoms with Crippen molar-refractivity contribution in [3.63, 3.8) is 0 Å². The molecule has 0 aliphatic heterocycles. The second-order valence-electron chi connectivity index (χ2n) is 3.83. The van der Waals surface area contributed by atoms with Crippen molar-refractivity contribution in [2.45, 2.75) is 6.92 Å². The van der Waals surface area contributed by atoms with Crippen molar-refractivity contribution in [1.29, 1.82) is 0 Å². The van der Waals surface area contributed by atoms with Gasteiger partial charge in [-0.25, -0.2) is 4.98 Å². The molecular formula is C11H15N5O4. The van der Waals surface area contributed by atoms with E-state index in [0.29, 0.717) is 5.82 Å². The van der Waals surface area contributed by atoms with Crippen molar-refractivity contribution in [2.24, 2.45) is 0 Å². The molecule has 0 spiro atoms. The topological polar surface area (TPSA) is 126 Å². The summed E-state index contributed by atoms with van der Waals surface area (Å²) in [6.07, 6.45) is 1.02. The van der Waals surface area contributed by atoms with Gasteiger partial charge >= 0.3 is 0 Å². The zero-order valence-electron chi connectivity index (χ0n) is 11.1. The van der Waals surface area contributed by atoms with Crippen molar-refractivity contribution < 1.29 is 14.5 Å². The minimum Gasteiger partial charge on any atom is -0.373 e. The molecule has 0 radical (unpaired) electrons. The van der Waals surface area contributed by atoms with Gasteiger partial charge in [-0.15, -0.1) is 0 Å². The fourth-order valence-corrected chi connectivity index (χ4v) is 1.42. The van der Waals surface area contributed by atoms with Crippen LogP contribution in [0.1, 0.15) is 17.3 Å². The molecule has 1 aromatic heterocycles. The highest BCUT2D eigenvalue weighted by Crippen LogP contribution is 2.19. The van der Waals surface area contributed by atoms with Gasteiger partial charge in [0, 0.05) is 33.1 Å². The van der Waals surface area contributed by atoms with Crippen LogP contribution in [-0.4, -0.2) is 41.9 Å². The summed E-state index contributed by atoms with van der Waals surface area (Å²) >= 11 is 0. The van der Waals surface area contributed by atoms with Gasteiger partial charge in [0.15, 0.2) is 0 Å². The first-order valence-electron chi connectivity index (χ1n) is 5.80. The van der Waals surface area contributed by atoms with Crippen LogP contribution in [0.3, 0.4) is 0 Å². The lowest BCUT2D eigenvalue weighted by atomic mass is 10.2. The number of hydrogen-bond donors (Lipinski definition) is 3. The Balaban J connectivity index is 2.79. The first-order valence-corrected chi connectivity index (χ1v) is 5.80. The van der Waals surface area contributed by atoms with Gasteiger partial charge < -0.3 is 16.0 Å². The van der Waals surface area contributed by atoms with Crippen LogP contribution in [-0.2, 0) is 4.79 Å². The van der Waals surface area contributed by atoms with Crippen LogP contribution in [0.5, 0.6) is 0 Å².